The predicted molar refractivity (Wildman–Crippen MR) is 121 cm³/mol. The van der Waals surface area contributed by atoms with E-state index < -0.39 is 0 Å². The fourth-order valence-corrected chi connectivity index (χ4v) is 3.88. The maximum absolute atomic E-state index is 12.6. The predicted octanol–water partition coefficient (Wildman–Crippen LogP) is 1.74. The van der Waals surface area contributed by atoms with Crippen LogP contribution in [-0.2, 0) is 22.6 Å². The molecule has 0 saturated heterocycles. The van der Waals surface area contributed by atoms with Gasteiger partial charge in [-0.3, -0.25) is 24.1 Å². The summed E-state index contributed by atoms with van der Waals surface area (Å²) in [5, 5.41) is 8.44. The largest absolute Gasteiger partial charge is 0.383 e. The van der Waals surface area contributed by atoms with E-state index in [0.717, 1.165) is 0 Å². The average Bonchev–Trinajstić information content (AvgIpc) is 3.08. The number of imide groups is 1. The monoisotopic (exact) mass is 448 g/mol. The van der Waals surface area contributed by atoms with Gasteiger partial charge < -0.3 is 10.1 Å². The summed E-state index contributed by atoms with van der Waals surface area (Å²) in [4.78, 5) is 51.0. The Labute approximate surface area is 190 Å². The molecule has 4 rings (SSSR count). The van der Waals surface area contributed by atoms with Gasteiger partial charge in [0.15, 0.2) is 0 Å². The standard InChI is InChI=1S/C24H24N4O5/c1-33-14-13-28-24(32)17-8-3-2-7-16(17)20(26-28)15-25-21(29)11-6-12-27-22(30)18-9-4-5-10-19(18)23(27)31/h2-5,7-10H,6,11-15H2,1H3,(H,25,29). The van der Waals surface area contributed by atoms with Gasteiger partial charge in [0.1, 0.15) is 0 Å². The molecule has 0 fully saturated rings. The second-order valence-corrected chi connectivity index (χ2v) is 7.70. The molecule has 170 valence electrons. The number of aromatic nitrogens is 2. The lowest BCUT2D eigenvalue weighted by molar-refractivity contribution is -0.121. The van der Waals surface area contributed by atoms with E-state index >= 15 is 0 Å². The van der Waals surface area contributed by atoms with Crippen molar-refractivity contribution in [3.63, 3.8) is 0 Å². The maximum atomic E-state index is 12.6. The average molecular weight is 448 g/mol. The lowest BCUT2D eigenvalue weighted by Gasteiger charge is -2.14. The highest BCUT2D eigenvalue weighted by Gasteiger charge is 2.34. The number of nitrogens with zero attached hydrogens (tertiary/aromatic N) is 3. The zero-order chi connectivity index (χ0) is 23.4. The van der Waals surface area contributed by atoms with Gasteiger partial charge in [-0.1, -0.05) is 30.3 Å². The number of carbonyl (C=O) groups excluding carboxylic acids is 3. The molecule has 0 aliphatic carbocycles. The Kier molecular flexibility index (Phi) is 6.60. The normalized spacial score (nSPS) is 12.9. The first kappa shape index (κ1) is 22.3. The van der Waals surface area contributed by atoms with Crippen molar-refractivity contribution in [2.24, 2.45) is 0 Å². The van der Waals surface area contributed by atoms with Gasteiger partial charge in [0.25, 0.3) is 17.4 Å². The van der Waals surface area contributed by atoms with E-state index in [0.29, 0.717) is 47.2 Å². The molecule has 2 heterocycles. The van der Waals surface area contributed by atoms with Crippen LogP contribution in [-0.4, -0.2) is 52.7 Å². The Morgan fingerprint density at radius 3 is 2.24 bits per heavy atom. The second kappa shape index (κ2) is 9.74. The molecule has 0 radical (unpaired) electrons. The fraction of sp³-hybridized carbons (Fsp3) is 0.292. The van der Waals surface area contributed by atoms with E-state index in [1.54, 1.807) is 49.6 Å². The van der Waals surface area contributed by atoms with Crippen LogP contribution >= 0.6 is 0 Å². The van der Waals surface area contributed by atoms with E-state index in [1.807, 2.05) is 6.07 Å². The van der Waals surface area contributed by atoms with Crippen molar-refractivity contribution < 1.29 is 19.1 Å². The fourth-order valence-electron chi connectivity index (χ4n) is 3.88. The van der Waals surface area contributed by atoms with Crippen LogP contribution in [0.3, 0.4) is 0 Å². The van der Waals surface area contributed by atoms with Crippen molar-refractivity contribution in [3.8, 4) is 0 Å². The number of rotatable bonds is 9. The summed E-state index contributed by atoms with van der Waals surface area (Å²) < 4.78 is 6.39. The van der Waals surface area contributed by atoms with Gasteiger partial charge in [-0.15, -0.1) is 0 Å². The summed E-state index contributed by atoms with van der Waals surface area (Å²) >= 11 is 0. The summed E-state index contributed by atoms with van der Waals surface area (Å²) in [7, 11) is 1.55. The molecule has 0 atom stereocenters. The van der Waals surface area contributed by atoms with Crippen LogP contribution in [0.25, 0.3) is 10.8 Å². The molecule has 1 aromatic heterocycles. The smallest absolute Gasteiger partial charge is 0.274 e. The minimum absolute atomic E-state index is 0.147. The number of ether oxygens (including phenoxy) is 1. The summed E-state index contributed by atoms with van der Waals surface area (Å²) in [6.07, 6.45) is 0.494. The first-order valence-electron chi connectivity index (χ1n) is 10.7. The van der Waals surface area contributed by atoms with Crippen LogP contribution in [0, 0.1) is 0 Å². The van der Waals surface area contributed by atoms with Gasteiger partial charge in [-0.2, -0.15) is 5.10 Å². The number of hydrogen-bond acceptors (Lipinski definition) is 6. The van der Waals surface area contributed by atoms with Gasteiger partial charge >= 0.3 is 0 Å². The van der Waals surface area contributed by atoms with Crippen molar-refractivity contribution in [2.75, 3.05) is 20.3 Å². The molecule has 0 unspecified atom stereocenters. The summed E-state index contributed by atoms with van der Waals surface area (Å²) in [5.74, 6) is -0.887. The van der Waals surface area contributed by atoms with Crippen LogP contribution < -0.4 is 10.9 Å². The van der Waals surface area contributed by atoms with Gasteiger partial charge in [0, 0.05) is 25.5 Å². The van der Waals surface area contributed by atoms with Gasteiger partial charge in [0.2, 0.25) is 5.91 Å². The Balaban J connectivity index is 1.37. The number of methoxy groups -OCH3 is 1. The first-order chi connectivity index (χ1) is 16.0. The van der Waals surface area contributed by atoms with E-state index in [1.165, 1.54) is 9.58 Å². The van der Waals surface area contributed by atoms with E-state index in [-0.39, 0.29) is 42.8 Å². The molecule has 3 aromatic rings. The van der Waals surface area contributed by atoms with Gasteiger partial charge in [-0.25, -0.2) is 4.68 Å². The lowest BCUT2D eigenvalue weighted by Crippen LogP contribution is -2.32. The zero-order valence-electron chi connectivity index (χ0n) is 18.2. The zero-order valence-corrected chi connectivity index (χ0v) is 18.2. The number of carbonyl (C=O) groups is 3. The third-order valence-corrected chi connectivity index (χ3v) is 5.57. The van der Waals surface area contributed by atoms with E-state index in [2.05, 4.69) is 10.4 Å². The number of amides is 3. The van der Waals surface area contributed by atoms with Crippen molar-refractivity contribution in [1.29, 1.82) is 0 Å². The van der Waals surface area contributed by atoms with Crippen molar-refractivity contribution in [3.05, 3.63) is 75.7 Å². The molecule has 1 aliphatic rings. The van der Waals surface area contributed by atoms with Crippen LogP contribution in [0.2, 0.25) is 0 Å². The Morgan fingerprint density at radius 2 is 1.58 bits per heavy atom. The van der Waals surface area contributed by atoms with Crippen LogP contribution in [0.4, 0.5) is 0 Å². The number of fused-ring (bicyclic) bond motifs is 2. The highest BCUT2D eigenvalue weighted by Crippen LogP contribution is 2.22. The highest BCUT2D eigenvalue weighted by molar-refractivity contribution is 6.21. The van der Waals surface area contributed by atoms with E-state index in [9.17, 15) is 19.2 Å². The topological polar surface area (TPSA) is 111 Å². The highest BCUT2D eigenvalue weighted by atomic mass is 16.5. The molecular weight excluding hydrogens is 424 g/mol. The third-order valence-electron chi connectivity index (χ3n) is 5.57. The van der Waals surface area contributed by atoms with Crippen LogP contribution in [0.15, 0.2) is 53.3 Å². The molecule has 1 aliphatic heterocycles. The third kappa shape index (κ3) is 4.54. The molecule has 3 amide bonds. The van der Waals surface area contributed by atoms with Gasteiger partial charge in [0.05, 0.1) is 41.9 Å². The molecule has 33 heavy (non-hydrogen) atoms. The molecule has 1 N–H and O–H groups in total. The SMILES string of the molecule is COCCn1nc(CNC(=O)CCCN2C(=O)c3ccccc3C2=O)c2ccccc2c1=O. The van der Waals surface area contributed by atoms with E-state index in [4.69, 9.17) is 4.74 Å². The minimum Gasteiger partial charge on any atom is -0.383 e. The Morgan fingerprint density at radius 1 is 0.939 bits per heavy atom. The Hall–Kier alpha value is -3.85. The van der Waals surface area contributed by atoms with Crippen molar-refractivity contribution in [1.82, 2.24) is 20.0 Å². The van der Waals surface area contributed by atoms with Gasteiger partial charge in [-0.05, 0) is 24.6 Å². The molecule has 0 bridgehead atoms. The van der Waals surface area contributed by atoms with Crippen LogP contribution in [0.1, 0.15) is 39.3 Å². The maximum Gasteiger partial charge on any atom is 0.274 e. The number of nitrogens with one attached hydrogen (secondary N) is 1. The van der Waals surface area contributed by atoms with Crippen LogP contribution in [0.5, 0.6) is 0 Å². The summed E-state index contributed by atoms with van der Waals surface area (Å²) in [5.41, 5.74) is 1.16. The van der Waals surface area contributed by atoms with Crippen molar-refractivity contribution in [2.45, 2.75) is 25.9 Å². The lowest BCUT2D eigenvalue weighted by atomic mass is 10.1. The minimum atomic E-state index is -0.329. The molecule has 2 aromatic carbocycles. The Bertz CT molecular complexity index is 1250. The number of hydrogen-bond donors (Lipinski definition) is 1. The molecule has 9 heteroatoms. The number of benzene rings is 2. The van der Waals surface area contributed by atoms with Crippen molar-refractivity contribution >= 4 is 28.5 Å². The molecule has 0 spiro atoms. The second-order valence-electron chi connectivity index (χ2n) is 7.70. The summed E-state index contributed by atoms with van der Waals surface area (Å²) in [6, 6.07) is 13.8. The quantitative estimate of drug-likeness (QED) is 0.499. The molecule has 9 nitrogen and oxygen atoms in total. The summed E-state index contributed by atoms with van der Waals surface area (Å²) in [6.45, 7) is 0.971. The molecular formula is C24H24N4O5. The molecule has 0 saturated carbocycles. The first-order valence-corrected chi connectivity index (χ1v) is 10.7.